The second-order valence-corrected chi connectivity index (χ2v) is 5.26. The van der Waals surface area contributed by atoms with E-state index in [-0.39, 0.29) is 11.9 Å². The average Bonchev–Trinajstić information content (AvgIpc) is 2.87. The summed E-state index contributed by atoms with van der Waals surface area (Å²) in [6.07, 6.45) is 2.11. The smallest absolute Gasteiger partial charge is 0.247 e. The molecule has 1 aromatic heterocycles. The Bertz CT molecular complexity index is 539. The average molecular weight is 261 g/mol. The summed E-state index contributed by atoms with van der Waals surface area (Å²) in [4.78, 5) is 12.1. The number of hydrogen-bond donors (Lipinski definition) is 2. The fourth-order valence-corrected chi connectivity index (χ4v) is 2.54. The highest BCUT2D eigenvalue weighted by Crippen LogP contribution is 2.19. The van der Waals surface area contributed by atoms with Gasteiger partial charge in [0.25, 0.3) is 0 Å². The minimum atomic E-state index is -0.101. The first-order valence-electron chi connectivity index (χ1n) is 6.79. The second kappa shape index (κ2) is 4.77. The van der Waals surface area contributed by atoms with Crippen LogP contribution in [0, 0.1) is 0 Å². The van der Waals surface area contributed by atoms with Gasteiger partial charge in [0, 0.05) is 31.6 Å². The Morgan fingerprint density at radius 3 is 2.89 bits per heavy atom. The standard InChI is InChI=1S/C13H19N5O/c1-8(10-6-14-7-10)13(19)15-9(2)12-17-16-11-4-3-5-18(11)12/h9,14H,3-7H2,1-2H3,(H,15,19). The molecule has 3 heterocycles. The summed E-state index contributed by atoms with van der Waals surface area (Å²) in [7, 11) is 0. The molecule has 1 atom stereocenters. The molecular weight excluding hydrogens is 242 g/mol. The topological polar surface area (TPSA) is 71.8 Å². The van der Waals surface area contributed by atoms with Crippen molar-refractivity contribution in [2.75, 3.05) is 13.1 Å². The van der Waals surface area contributed by atoms with Gasteiger partial charge in [-0.15, -0.1) is 10.2 Å². The second-order valence-electron chi connectivity index (χ2n) is 5.26. The zero-order chi connectivity index (χ0) is 13.4. The van der Waals surface area contributed by atoms with Gasteiger partial charge in [0.1, 0.15) is 5.82 Å². The van der Waals surface area contributed by atoms with E-state index in [9.17, 15) is 4.79 Å². The molecule has 0 aromatic carbocycles. The molecule has 2 N–H and O–H groups in total. The van der Waals surface area contributed by atoms with Crippen molar-refractivity contribution >= 4 is 5.91 Å². The Hall–Kier alpha value is -1.69. The number of aryl methyl sites for hydroxylation is 1. The van der Waals surface area contributed by atoms with Crippen LogP contribution in [0.3, 0.4) is 0 Å². The maximum absolute atomic E-state index is 12.1. The number of nitrogens with zero attached hydrogens (tertiary/aromatic N) is 3. The Kier molecular flexibility index (Phi) is 3.10. The molecule has 1 unspecified atom stereocenters. The molecular formula is C13H19N5O. The molecule has 3 rings (SSSR count). The van der Waals surface area contributed by atoms with Crippen molar-refractivity contribution in [1.29, 1.82) is 0 Å². The lowest BCUT2D eigenvalue weighted by Gasteiger charge is -2.22. The molecule has 19 heavy (non-hydrogen) atoms. The lowest BCUT2D eigenvalue weighted by Crippen LogP contribution is -2.38. The van der Waals surface area contributed by atoms with E-state index in [0.717, 1.165) is 49.7 Å². The van der Waals surface area contributed by atoms with Gasteiger partial charge < -0.3 is 15.2 Å². The van der Waals surface area contributed by atoms with Crippen LogP contribution < -0.4 is 10.6 Å². The van der Waals surface area contributed by atoms with Crippen LogP contribution in [0.1, 0.15) is 38.0 Å². The third-order valence-corrected chi connectivity index (χ3v) is 3.92. The van der Waals surface area contributed by atoms with E-state index < -0.39 is 0 Å². The lowest BCUT2D eigenvalue weighted by molar-refractivity contribution is -0.118. The largest absolute Gasteiger partial charge is 0.343 e. The number of rotatable bonds is 3. The molecule has 0 spiro atoms. The zero-order valence-corrected chi connectivity index (χ0v) is 11.4. The van der Waals surface area contributed by atoms with E-state index in [0.29, 0.717) is 0 Å². The summed E-state index contributed by atoms with van der Waals surface area (Å²) in [5.74, 6) is 1.90. The molecule has 0 aliphatic carbocycles. The van der Waals surface area contributed by atoms with Gasteiger partial charge in [0.05, 0.1) is 6.04 Å². The molecule has 6 heteroatoms. The van der Waals surface area contributed by atoms with Crippen LogP contribution in [0.5, 0.6) is 0 Å². The van der Waals surface area contributed by atoms with E-state index >= 15 is 0 Å². The summed E-state index contributed by atoms with van der Waals surface area (Å²) in [6, 6.07) is -0.101. The summed E-state index contributed by atoms with van der Waals surface area (Å²) in [5, 5.41) is 14.5. The van der Waals surface area contributed by atoms with Crippen molar-refractivity contribution in [2.45, 2.75) is 39.3 Å². The molecule has 0 saturated carbocycles. The normalized spacial score (nSPS) is 18.7. The highest BCUT2D eigenvalue weighted by Gasteiger charge is 2.23. The maximum Gasteiger partial charge on any atom is 0.247 e. The van der Waals surface area contributed by atoms with Gasteiger partial charge in [-0.25, -0.2) is 0 Å². The molecule has 0 bridgehead atoms. The van der Waals surface area contributed by atoms with Crippen molar-refractivity contribution in [3.05, 3.63) is 22.8 Å². The number of carbonyl (C=O) groups excluding carboxylic acids is 1. The lowest BCUT2D eigenvalue weighted by atomic mass is 10.0. The highest BCUT2D eigenvalue weighted by atomic mass is 16.1. The first-order valence-corrected chi connectivity index (χ1v) is 6.79. The monoisotopic (exact) mass is 261 g/mol. The van der Waals surface area contributed by atoms with Crippen LogP contribution in [-0.2, 0) is 17.8 Å². The Balaban J connectivity index is 1.71. The summed E-state index contributed by atoms with van der Waals surface area (Å²) in [6.45, 7) is 6.46. The quantitative estimate of drug-likeness (QED) is 0.769. The fraction of sp³-hybridized carbons (Fsp3) is 0.615. The molecule has 2 aliphatic rings. The van der Waals surface area contributed by atoms with E-state index in [1.54, 1.807) is 0 Å². The first kappa shape index (κ1) is 12.3. The van der Waals surface area contributed by atoms with Crippen LogP contribution in [-0.4, -0.2) is 33.8 Å². The number of carbonyl (C=O) groups is 1. The van der Waals surface area contributed by atoms with Crippen molar-refractivity contribution in [1.82, 2.24) is 25.4 Å². The number of fused-ring (bicyclic) bond motifs is 1. The van der Waals surface area contributed by atoms with E-state index in [2.05, 4.69) is 25.4 Å². The van der Waals surface area contributed by atoms with Crippen molar-refractivity contribution < 1.29 is 4.79 Å². The number of hydrogen-bond acceptors (Lipinski definition) is 4. The SMILES string of the molecule is CC(C(=O)NC(C)c1nnc2n1CCC2)=C1CNC1. The summed E-state index contributed by atoms with van der Waals surface area (Å²) >= 11 is 0. The summed E-state index contributed by atoms with van der Waals surface area (Å²) in [5.41, 5.74) is 2.02. The fourth-order valence-electron chi connectivity index (χ4n) is 2.54. The van der Waals surface area contributed by atoms with Crippen molar-refractivity contribution in [2.24, 2.45) is 0 Å². The Labute approximate surface area is 112 Å². The van der Waals surface area contributed by atoms with Crippen molar-refractivity contribution in [3.8, 4) is 0 Å². The minimum absolute atomic E-state index is 0.000605. The third-order valence-electron chi connectivity index (χ3n) is 3.92. The number of aromatic nitrogens is 3. The third kappa shape index (κ3) is 2.16. The number of amides is 1. The first-order chi connectivity index (χ1) is 9.16. The predicted molar refractivity (Wildman–Crippen MR) is 70.5 cm³/mol. The maximum atomic E-state index is 12.1. The van der Waals surface area contributed by atoms with Crippen LogP contribution in [0.15, 0.2) is 11.1 Å². The van der Waals surface area contributed by atoms with Gasteiger partial charge in [0.15, 0.2) is 5.82 Å². The molecule has 1 saturated heterocycles. The number of nitrogens with one attached hydrogen (secondary N) is 2. The Morgan fingerprint density at radius 1 is 1.42 bits per heavy atom. The molecule has 1 amide bonds. The minimum Gasteiger partial charge on any atom is -0.343 e. The van der Waals surface area contributed by atoms with E-state index in [4.69, 9.17) is 0 Å². The van der Waals surface area contributed by atoms with Crippen LogP contribution in [0.25, 0.3) is 0 Å². The molecule has 102 valence electrons. The Morgan fingerprint density at radius 2 is 2.21 bits per heavy atom. The van der Waals surface area contributed by atoms with Crippen molar-refractivity contribution in [3.63, 3.8) is 0 Å². The van der Waals surface area contributed by atoms with Gasteiger partial charge in [-0.3, -0.25) is 4.79 Å². The predicted octanol–water partition coefficient (Wildman–Crippen LogP) is 0.321. The van der Waals surface area contributed by atoms with Crippen LogP contribution in [0.2, 0.25) is 0 Å². The van der Waals surface area contributed by atoms with E-state index in [1.807, 2.05) is 13.8 Å². The molecule has 1 fully saturated rings. The molecule has 0 radical (unpaired) electrons. The van der Waals surface area contributed by atoms with Crippen LogP contribution in [0.4, 0.5) is 0 Å². The van der Waals surface area contributed by atoms with Gasteiger partial charge in [-0.05, 0) is 25.8 Å². The zero-order valence-electron chi connectivity index (χ0n) is 11.4. The molecule has 6 nitrogen and oxygen atoms in total. The van der Waals surface area contributed by atoms with Gasteiger partial charge in [0.2, 0.25) is 5.91 Å². The van der Waals surface area contributed by atoms with E-state index in [1.165, 1.54) is 5.57 Å². The van der Waals surface area contributed by atoms with Gasteiger partial charge >= 0.3 is 0 Å². The van der Waals surface area contributed by atoms with Crippen LogP contribution >= 0.6 is 0 Å². The summed E-state index contributed by atoms with van der Waals surface area (Å²) < 4.78 is 2.12. The highest BCUT2D eigenvalue weighted by molar-refractivity contribution is 5.94. The molecule has 1 aromatic rings. The molecule has 2 aliphatic heterocycles. The van der Waals surface area contributed by atoms with Gasteiger partial charge in [-0.2, -0.15) is 0 Å². The van der Waals surface area contributed by atoms with Gasteiger partial charge in [-0.1, -0.05) is 0 Å².